The first kappa shape index (κ1) is 18.3. The van der Waals surface area contributed by atoms with Crippen molar-refractivity contribution in [3.8, 4) is 0 Å². The summed E-state index contributed by atoms with van der Waals surface area (Å²) in [4.78, 5) is 0. The fourth-order valence-electron chi connectivity index (χ4n) is 2.32. The fraction of sp³-hybridized carbons (Fsp3) is 0.647. The standard InChI is InChI=1S/C17H29NO2S/c1-5-11-18-17(14(3)21(19)13-12-20-4)16-9-7-15(6-2)8-10-16/h7-10,14,17-18H,5-6,11-13H2,1-4H3. The van der Waals surface area contributed by atoms with Crippen LogP contribution in [0.2, 0.25) is 0 Å². The molecule has 0 aliphatic heterocycles. The summed E-state index contributed by atoms with van der Waals surface area (Å²) < 4.78 is 17.4. The van der Waals surface area contributed by atoms with Crippen molar-refractivity contribution in [1.29, 1.82) is 0 Å². The van der Waals surface area contributed by atoms with E-state index in [1.807, 2.05) is 0 Å². The molecular formula is C17H29NO2S. The van der Waals surface area contributed by atoms with Crippen LogP contribution in [0.1, 0.15) is 44.4 Å². The monoisotopic (exact) mass is 311 g/mol. The first-order valence-corrected chi connectivity index (χ1v) is 9.20. The molecule has 0 heterocycles. The topological polar surface area (TPSA) is 38.3 Å². The summed E-state index contributed by atoms with van der Waals surface area (Å²) in [6.45, 7) is 7.85. The molecule has 0 amide bonds. The van der Waals surface area contributed by atoms with Crippen molar-refractivity contribution in [2.45, 2.75) is 44.9 Å². The van der Waals surface area contributed by atoms with Crippen LogP contribution in [0.25, 0.3) is 0 Å². The largest absolute Gasteiger partial charge is 0.384 e. The van der Waals surface area contributed by atoms with E-state index in [9.17, 15) is 4.21 Å². The molecule has 120 valence electrons. The highest BCUT2D eigenvalue weighted by Gasteiger charge is 2.23. The SMILES string of the molecule is CCCNC(c1ccc(CC)cc1)C(C)S(=O)CCOC. The molecular weight excluding hydrogens is 282 g/mol. The lowest BCUT2D eigenvalue weighted by atomic mass is 10.0. The second-order valence-electron chi connectivity index (χ2n) is 5.31. The summed E-state index contributed by atoms with van der Waals surface area (Å²) in [5.74, 6) is 0.592. The lowest BCUT2D eigenvalue weighted by molar-refractivity contribution is 0.217. The molecule has 0 aliphatic carbocycles. The van der Waals surface area contributed by atoms with Gasteiger partial charge in [0.2, 0.25) is 0 Å². The van der Waals surface area contributed by atoms with Crippen LogP contribution in [-0.2, 0) is 22.0 Å². The van der Waals surface area contributed by atoms with E-state index in [4.69, 9.17) is 4.74 Å². The number of ether oxygens (including phenoxy) is 1. The second-order valence-corrected chi connectivity index (χ2v) is 7.22. The number of aryl methyl sites for hydroxylation is 1. The molecule has 3 atom stereocenters. The quantitative estimate of drug-likeness (QED) is 0.722. The Balaban J connectivity index is 2.84. The average Bonchev–Trinajstić information content (AvgIpc) is 2.53. The van der Waals surface area contributed by atoms with Gasteiger partial charge in [-0.3, -0.25) is 4.21 Å². The molecule has 0 aliphatic rings. The van der Waals surface area contributed by atoms with E-state index in [2.05, 4.69) is 50.4 Å². The fourth-order valence-corrected chi connectivity index (χ4v) is 3.58. The third kappa shape index (κ3) is 5.89. The van der Waals surface area contributed by atoms with Crippen molar-refractivity contribution in [3.63, 3.8) is 0 Å². The minimum absolute atomic E-state index is 0.0687. The van der Waals surface area contributed by atoms with Gasteiger partial charge in [-0.25, -0.2) is 0 Å². The highest BCUT2D eigenvalue weighted by molar-refractivity contribution is 7.85. The molecule has 4 heteroatoms. The van der Waals surface area contributed by atoms with E-state index in [1.54, 1.807) is 7.11 Å². The predicted octanol–water partition coefficient (Wildman–Crippen LogP) is 3.07. The highest BCUT2D eigenvalue weighted by atomic mass is 32.2. The van der Waals surface area contributed by atoms with Gasteiger partial charge in [0.15, 0.2) is 0 Å². The summed E-state index contributed by atoms with van der Waals surface area (Å²) in [6, 6.07) is 8.79. The molecule has 1 N–H and O–H groups in total. The van der Waals surface area contributed by atoms with Gasteiger partial charge in [-0.05, 0) is 37.4 Å². The molecule has 0 saturated heterocycles. The molecule has 1 aromatic rings. The van der Waals surface area contributed by atoms with E-state index in [0.717, 1.165) is 19.4 Å². The number of rotatable bonds is 10. The van der Waals surface area contributed by atoms with Gasteiger partial charge in [0.05, 0.1) is 11.9 Å². The molecule has 0 aromatic heterocycles. The highest BCUT2D eigenvalue weighted by Crippen LogP contribution is 2.22. The number of benzene rings is 1. The van der Waals surface area contributed by atoms with Gasteiger partial charge in [-0.2, -0.15) is 0 Å². The Kier molecular flexibility index (Phi) is 8.81. The smallest absolute Gasteiger partial charge is 0.0577 e. The Morgan fingerprint density at radius 2 is 1.90 bits per heavy atom. The summed E-state index contributed by atoms with van der Waals surface area (Å²) >= 11 is 0. The minimum atomic E-state index is -0.893. The van der Waals surface area contributed by atoms with Crippen LogP contribution in [-0.4, -0.2) is 35.5 Å². The molecule has 3 nitrogen and oxygen atoms in total. The van der Waals surface area contributed by atoms with Crippen molar-refractivity contribution in [1.82, 2.24) is 5.32 Å². The van der Waals surface area contributed by atoms with Crippen molar-refractivity contribution in [2.75, 3.05) is 26.0 Å². The molecule has 0 spiro atoms. The second kappa shape index (κ2) is 10.1. The molecule has 21 heavy (non-hydrogen) atoms. The van der Waals surface area contributed by atoms with E-state index >= 15 is 0 Å². The third-order valence-corrected chi connectivity index (χ3v) is 5.40. The Labute approximate surface area is 131 Å². The zero-order chi connectivity index (χ0) is 15.7. The third-order valence-electron chi connectivity index (χ3n) is 3.73. The van der Waals surface area contributed by atoms with Crippen LogP contribution < -0.4 is 5.32 Å². The van der Waals surface area contributed by atoms with Crippen LogP contribution in [0.3, 0.4) is 0 Å². The maximum atomic E-state index is 12.4. The van der Waals surface area contributed by atoms with Gasteiger partial charge in [0.1, 0.15) is 0 Å². The Morgan fingerprint density at radius 3 is 2.43 bits per heavy atom. The van der Waals surface area contributed by atoms with Crippen LogP contribution in [0, 0.1) is 0 Å². The Hall–Kier alpha value is -0.710. The van der Waals surface area contributed by atoms with Crippen LogP contribution in [0.4, 0.5) is 0 Å². The van der Waals surface area contributed by atoms with Gasteiger partial charge in [-0.15, -0.1) is 0 Å². The molecule has 1 aromatic carbocycles. The molecule has 3 unspecified atom stereocenters. The summed E-state index contributed by atoms with van der Waals surface area (Å²) in [5.41, 5.74) is 2.56. The molecule has 0 fully saturated rings. The molecule has 0 saturated carbocycles. The lowest BCUT2D eigenvalue weighted by Crippen LogP contribution is -2.34. The van der Waals surface area contributed by atoms with E-state index < -0.39 is 10.8 Å². The van der Waals surface area contributed by atoms with Gasteiger partial charge in [0.25, 0.3) is 0 Å². The van der Waals surface area contributed by atoms with Crippen LogP contribution in [0.5, 0.6) is 0 Å². The van der Waals surface area contributed by atoms with Crippen LogP contribution in [0.15, 0.2) is 24.3 Å². The van der Waals surface area contributed by atoms with Gasteiger partial charge < -0.3 is 10.1 Å². The van der Waals surface area contributed by atoms with E-state index in [1.165, 1.54) is 11.1 Å². The van der Waals surface area contributed by atoms with Crippen molar-refractivity contribution in [3.05, 3.63) is 35.4 Å². The van der Waals surface area contributed by atoms with E-state index in [-0.39, 0.29) is 11.3 Å². The normalized spacial score (nSPS) is 15.6. The molecule has 1 rings (SSSR count). The predicted molar refractivity (Wildman–Crippen MR) is 91.2 cm³/mol. The Morgan fingerprint density at radius 1 is 1.24 bits per heavy atom. The number of hydrogen-bond donors (Lipinski definition) is 1. The van der Waals surface area contributed by atoms with Gasteiger partial charge in [-0.1, -0.05) is 38.1 Å². The lowest BCUT2D eigenvalue weighted by Gasteiger charge is -2.25. The van der Waals surface area contributed by atoms with Crippen molar-refractivity contribution >= 4 is 10.8 Å². The first-order valence-electron chi connectivity index (χ1n) is 7.82. The summed E-state index contributed by atoms with van der Waals surface area (Å²) in [6.07, 6.45) is 2.11. The maximum Gasteiger partial charge on any atom is 0.0577 e. The maximum absolute atomic E-state index is 12.4. The zero-order valence-electron chi connectivity index (χ0n) is 13.7. The van der Waals surface area contributed by atoms with E-state index in [0.29, 0.717) is 12.4 Å². The van der Waals surface area contributed by atoms with Gasteiger partial charge in [0, 0.05) is 29.7 Å². The van der Waals surface area contributed by atoms with Crippen LogP contribution >= 0.6 is 0 Å². The average molecular weight is 311 g/mol. The first-order chi connectivity index (χ1) is 10.1. The molecule has 0 bridgehead atoms. The zero-order valence-corrected chi connectivity index (χ0v) is 14.5. The van der Waals surface area contributed by atoms with Crippen molar-refractivity contribution in [2.24, 2.45) is 0 Å². The molecule has 0 radical (unpaired) electrons. The summed E-state index contributed by atoms with van der Waals surface area (Å²) in [5, 5.41) is 3.62. The van der Waals surface area contributed by atoms with Crippen molar-refractivity contribution < 1.29 is 8.95 Å². The van der Waals surface area contributed by atoms with Gasteiger partial charge >= 0.3 is 0 Å². The number of hydrogen-bond acceptors (Lipinski definition) is 3. The minimum Gasteiger partial charge on any atom is -0.384 e. The number of methoxy groups -OCH3 is 1. The Bertz CT molecular complexity index is 419. The summed E-state index contributed by atoms with van der Waals surface area (Å²) in [7, 11) is 0.758. The number of nitrogens with one attached hydrogen (secondary N) is 1.